The number of nitrogens with two attached hydrogens (primary N) is 1. The smallest absolute Gasteiger partial charge is 0.239 e. The van der Waals surface area contributed by atoms with Crippen molar-refractivity contribution in [1.29, 1.82) is 0 Å². The lowest BCUT2D eigenvalue weighted by atomic mass is 10.0. The van der Waals surface area contributed by atoms with E-state index in [0.717, 1.165) is 37.7 Å². The third-order valence-corrected chi connectivity index (χ3v) is 6.20. The van der Waals surface area contributed by atoms with Crippen molar-refractivity contribution < 1.29 is 14.2 Å². The van der Waals surface area contributed by atoms with Crippen LogP contribution in [0.25, 0.3) is 0 Å². The van der Waals surface area contributed by atoms with E-state index in [9.17, 15) is 9.46 Å². The summed E-state index contributed by atoms with van der Waals surface area (Å²) in [5.41, 5.74) is 6.83. The Kier molecular flexibility index (Phi) is 5.86. The highest BCUT2D eigenvalue weighted by atomic mass is 31.2. The van der Waals surface area contributed by atoms with Crippen molar-refractivity contribution >= 4 is 7.37 Å². The van der Waals surface area contributed by atoms with E-state index < -0.39 is 7.37 Å². The molecule has 2 atom stereocenters. The lowest BCUT2D eigenvalue weighted by molar-refractivity contribution is 0.335. The molecule has 1 saturated carbocycles. The summed E-state index contributed by atoms with van der Waals surface area (Å²) in [5.74, 6) is 0.647. The SMILES string of the molecule is C[C@@H](N)Cc1ccc(OCP(=O)(O)C2CCCCC2)cc1. The molecule has 0 radical (unpaired) electrons. The Morgan fingerprint density at radius 2 is 1.90 bits per heavy atom. The number of rotatable bonds is 6. The van der Waals surface area contributed by atoms with Gasteiger partial charge in [-0.15, -0.1) is 0 Å². The van der Waals surface area contributed by atoms with Crippen LogP contribution in [0.1, 0.15) is 44.6 Å². The zero-order valence-corrected chi connectivity index (χ0v) is 13.6. The highest BCUT2D eigenvalue weighted by Crippen LogP contribution is 2.51. The minimum atomic E-state index is -3.21. The second kappa shape index (κ2) is 7.44. The van der Waals surface area contributed by atoms with Crippen LogP contribution in [-0.4, -0.2) is 22.9 Å². The minimum Gasteiger partial charge on any atom is -0.484 e. The summed E-state index contributed by atoms with van der Waals surface area (Å²) in [5, 5.41) is 0. The maximum Gasteiger partial charge on any atom is 0.239 e. The summed E-state index contributed by atoms with van der Waals surface area (Å²) in [4.78, 5) is 10.2. The Balaban J connectivity index is 1.88. The molecule has 0 spiro atoms. The van der Waals surface area contributed by atoms with E-state index in [2.05, 4.69) is 0 Å². The van der Waals surface area contributed by atoms with Gasteiger partial charge in [-0.3, -0.25) is 4.57 Å². The van der Waals surface area contributed by atoms with Crippen molar-refractivity contribution in [2.24, 2.45) is 5.73 Å². The van der Waals surface area contributed by atoms with Crippen molar-refractivity contribution in [2.75, 3.05) is 6.35 Å². The summed E-state index contributed by atoms with van der Waals surface area (Å²) in [7, 11) is -3.21. The van der Waals surface area contributed by atoms with Gasteiger partial charge < -0.3 is 15.4 Å². The molecule has 1 aromatic carbocycles. The fourth-order valence-electron chi connectivity index (χ4n) is 2.85. The van der Waals surface area contributed by atoms with E-state index >= 15 is 0 Å². The molecular formula is C16H26NO3P. The Hall–Kier alpha value is -0.830. The van der Waals surface area contributed by atoms with E-state index in [4.69, 9.17) is 10.5 Å². The van der Waals surface area contributed by atoms with Crippen molar-refractivity contribution in [2.45, 2.75) is 57.1 Å². The van der Waals surface area contributed by atoms with Gasteiger partial charge in [0.15, 0.2) is 6.35 Å². The number of hydrogen-bond acceptors (Lipinski definition) is 3. The summed E-state index contributed by atoms with van der Waals surface area (Å²) < 4.78 is 17.9. The normalized spacial score (nSPS) is 20.7. The quantitative estimate of drug-likeness (QED) is 0.788. The fourth-order valence-corrected chi connectivity index (χ4v) is 4.57. The lowest BCUT2D eigenvalue weighted by Crippen LogP contribution is -2.17. The van der Waals surface area contributed by atoms with Gasteiger partial charge in [0.1, 0.15) is 5.75 Å². The topological polar surface area (TPSA) is 72.5 Å². The molecule has 3 N–H and O–H groups in total. The monoisotopic (exact) mass is 311 g/mol. The van der Waals surface area contributed by atoms with E-state index in [1.807, 2.05) is 31.2 Å². The van der Waals surface area contributed by atoms with Crippen molar-refractivity contribution in [3.8, 4) is 5.75 Å². The molecule has 118 valence electrons. The lowest BCUT2D eigenvalue weighted by Gasteiger charge is -2.26. The zero-order valence-electron chi connectivity index (χ0n) is 12.7. The van der Waals surface area contributed by atoms with E-state index in [1.54, 1.807) is 0 Å². The van der Waals surface area contributed by atoms with Crippen molar-refractivity contribution in [3.63, 3.8) is 0 Å². The second-order valence-electron chi connectivity index (χ2n) is 6.15. The van der Waals surface area contributed by atoms with Gasteiger partial charge in [-0.25, -0.2) is 0 Å². The van der Waals surface area contributed by atoms with E-state index in [0.29, 0.717) is 5.75 Å². The molecular weight excluding hydrogens is 285 g/mol. The molecule has 0 aliphatic heterocycles. The summed E-state index contributed by atoms with van der Waals surface area (Å²) in [6.45, 7) is 1.97. The largest absolute Gasteiger partial charge is 0.484 e. The summed E-state index contributed by atoms with van der Waals surface area (Å²) in [6.07, 6.45) is 5.74. The molecule has 0 amide bonds. The molecule has 1 fully saturated rings. The van der Waals surface area contributed by atoms with E-state index in [1.165, 1.54) is 6.42 Å². The third-order valence-electron chi connectivity index (χ3n) is 4.04. The minimum absolute atomic E-state index is 0.0791. The van der Waals surface area contributed by atoms with Gasteiger partial charge in [0.2, 0.25) is 7.37 Å². The van der Waals surface area contributed by atoms with Crippen LogP contribution < -0.4 is 10.5 Å². The Morgan fingerprint density at radius 1 is 1.29 bits per heavy atom. The molecule has 1 aliphatic carbocycles. The van der Waals surface area contributed by atoms with Crippen molar-refractivity contribution in [3.05, 3.63) is 29.8 Å². The van der Waals surface area contributed by atoms with Crippen LogP contribution in [-0.2, 0) is 11.0 Å². The average molecular weight is 311 g/mol. The van der Waals surface area contributed by atoms with Crippen LogP contribution in [0.5, 0.6) is 5.75 Å². The molecule has 21 heavy (non-hydrogen) atoms. The Labute approximate surface area is 127 Å². The zero-order chi connectivity index (χ0) is 15.3. The van der Waals surface area contributed by atoms with Crippen LogP contribution in [0.4, 0.5) is 0 Å². The molecule has 1 aromatic rings. The van der Waals surface area contributed by atoms with Gasteiger partial charge in [-0.1, -0.05) is 31.4 Å². The number of benzene rings is 1. The molecule has 0 saturated heterocycles. The average Bonchev–Trinajstić information content (AvgIpc) is 2.47. The van der Waals surface area contributed by atoms with Gasteiger partial charge in [-0.05, 0) is 43.9 Å². The molecule has 4 nitrogen and oxygen atoms in total. The number of hydrogen-bond donors (Lipinski definition) is 2. The van der Waals surface area contributed by atoms with Crippen LogP contribution in [0.3, 0.4) is 0 Å². The van der Waals surface area contributed by atoms with Gasteiger partial charge in [0, 0.05) is 11.7 Å². The fraction of sp³-hybridized carbons (Fsp3) is 0.625. The highest BCUT2D eigenvalue weighted by Gasteiger charge is 2.32. The first-order valence-electron chi connectivity index (χ1n) is 7.76. The first-order chi connectivity index (χ1) is 9.97. The van der Waals surface area contributed by atoms with E-state index in [-0.39, 0.29) is 18.0 Å². The van der Waals surface area contributed by atoms with Gasteiger partial charge >= 0.3 is 0 Å². The molecule has 0 bridgehead atoms. The van der Waals surface area contributed by atoms with Crippen LogP contribution in [0.2, 0.25) is 0 Å². The molecule has 5 heteroatoms. The van der Waals surface area contributed by atoms with Crippen molar-refractivity contribution in [1.82, 2.24) is 0 Å². The first kappa shape index (κ1) is 16.5. The third kappa shape index (κ3) is 5.14. The molecule has 2 rings (SSSR count). The van der Waals surface area contributed by atoms with Gasteiger partial charge in [0.25, 0.3) is 0 Å². The highest BCUT2D eigenvalue weighted by molar-refractivity contribution is 7.58. The van der Waals surface area contributed by atoms with Crippen LogP contribution in [0.15, 0.2) is 24.3 Å². The molecule has 1 unspecified atom stereocenters. The maximum atomic E-state index is 12.4. The van der Waals surface area contributed by atoms with Gasteiger partial charge in [0.05, 0.1) is 0 Å². The Bertz CT molecular complexity index is 481. The van der Waals surface area contributed by atoms with Crippen LogP contribution >= 0.6 is 7.37 Å². The maximum absolute atomic E-state index is 12.4. The number of ether oxygens (including phenoxy) is 1. The van der Waals surface area contributed by atoms with Gasteiger partial charge in [-0.2, -0.15) is 0 Å². The summed E-state index contributed by atoms with van der Waals surface area (Å²) in [6, 6.07) is 7.74. The predicted octanol–water partition coefficient (Wildman–Crippen LogP) is 3.52. The first-order valence-corrected chi connectivity index (χ1v) is 9.67. The van der Waals surface area contributed by atoms with Crippen LogP contribution in [0, 0.1) is 0 Å². The Morgan fingerprint density at radius 3 is 2.48 bits per heavy atom. The predicted molar refractivity (Wildman–Crippen MR) is 86.0 cm³/mol. The molecule has 0 aromatic heterocycles. The molecule has 1 aliphatic rings. The standard InChI is InChI=1S/C16H26NO3P/c1-13(17)11-14-7-9-15(10-8-14)20-12-21(18,19)16-5-3-2-4-6-16/h7-10,13,16H,2-6,11-12,17H2,1H3,(H,18,19)/t13-/m1/s1. The summed E-state index contributed by atoms with van der Waals surface area (Å²) >= 11 is 0. The second-order valence-corrected chi connectivity index (χ2v) is 8.65. The molecule has 0 heterocycles.